The lowest BCUT2D eigenvalue weighted by atomic mass is 9.89. The third-order valence-electron chi connectivity index (χ3n) is 2.51. The average Bonchev–Trinajstić information content (AvgIpc) is 2.08. The summed E-state index contributed by atoms with van der Waals surface area (Å²) in [5, 5.41) is 10.3. The second-order valence-electron chi connectivity index (χ2n) is 3.31. The zero-order valence-electron chi connectivity index (χ0n) is 6.24. The molecule has 0 radical (unpaired) electrons. The first-order valence-electron chi connectivity index (χ1n) is 4.08. The minimum atomic E-state index is 0.462. The van der Waals surface area contributed by atoms with Gasteiger partial charge in [-0.05, 0) is 13.0 Å². The molecule has 0 aromatic carbocycles. The molecule has 0 amide bonds. The number of hydrogen-bond acceptors (Lipinski definition) is 3. The van der Waals surface area contributed by atoms with E-state index in [1.54, 1.807) is 0 Å². The molecule has 0 bridgehead atoms. The fourth-order valence-corrected chi connectivity index (χ4v) is 1.69. The highest BCUT2D eigenvalue weighted by atomic mass is 15.2. The summed E-state index contributed by atoms with van der Waals surface area (Å²) in [5.41, 5.74) is 0.462. The maximum atomic E-state index is 3.57. The van der Waals surface area contributed by atoms with Crippen LogP contribution >= 0.6 is 0 Å². The molecule has 0 aromatic heterocycles. The second kappa shape index (κ2) is 2.49. The minimum absolute atomic E-state index is 0.462. The van der Waals surface area contributed by atoms with E-state index in [0.717, 1.165) is 26.2 Å². The topological polar surface area (TPSA) is 36.1 Å². The summed E-state index contributed by atoms with van der Waals surface area (Å²) < 4.78 is 0. The van der Waals surface area contributed by atoms with Crippen LogP contribution < -0.4 is 16.0 Å². The lowest BCUT2D eigenvalue weighted by molar-refractivity contribution is 0.214. The molecule has 3 heteroatoms. The fourth-order valence-electron chi connectivity index (χ4n) is 1.69. The Labute approximate surface area is 61.6 Å². The largest absolute Gasteiger partial charge is 0.315 e. The van der Waals surface area contributed by atoms with Crippen LogP contribution in [0.1, 0.15) is 6.42 Å². The van der Waals surface area contributed by atoms with Crippen LogP contribution in [0.15, 0.2) is 0 Å². The van der Waals surface area contributed by atoms with E-state index in [2.05, 4.69) is 16.0 Å². The van der Waals surface area contributed by atoms with Crippen LogP contribution in [0.3, 0.4) is 0 Å². The normalized spacial score (nSPS) is 31.2. The highest BCUT2D eigenvalue weighted by molar-refractivity contribution is 5.01. The SMILES string of the molecule is C1CNC2(CCN1)CNC2. The van der Waals surface area contributed by atoms with Crippen molar-refractivity contribution in [3.63, 3.8) is 0 Å². The van der Waals surface area contributed by atoms with E-state index >= 15 is 0 Å². The van der Waals surface area contributed by atoms with Gasteiger partial charge in [-0.25, -0.2) is 0 Å². The monoisotopic (exact) mass is 141 g/mol. The van der Waals surface area contributed by atoms with E-state index in [-0.39, 0.29) is 0 Å². The third-order valence-corrected chi connectivity index (χ3v) is 2.51. The second-order valence-corrected chi connectivity index (χ2v) is 3.31. The molecule has 10 heavy (non-hydrogen) atoms. The molecule has 2 aliphatic heterocycles. The molecular weight excluding hydrogens is 126 g/mol. The molecule has 0 atom stereocenters. The molecule has 2 aliphatic rings. The van der Waals surface area contributed by atoms with Crippen molar-refractivity contribution >= 4 is 0 Å². The molecule has 2 fully saturated rings. The predicted molar refractivity (Wildman–Crippen MR) is 41.1 cm³/mol. The summed E-state index contributed by atoms with van der Waals surface area (Å²) in [6, 6.07) is 0. The lowest BCUT2D eigenvalue weighted by Gasteiger charge is -2.42. The third kappa shape index (κ3) is 1.05. The van der Waals surface area contributed by atoms with Gasteiger partial charge in [0.15, 0.2) is 0 Å². The molecule has 2 rings (SSSR count). The zero-order chi connectivity index (χ0) is 6.86. The minimum Gasteiger partial charge on any atom is -0.315 e. The number of rotatable bonds is 0. The molecule has 58 valence electrons. The van der Waals surface area contributed by atoms with Crippen molar-refractivity contribution in [2.45, 2.75) is 12.0 Å². The maximum absolute atomic E-state index is 3.57. The molecule has 0 aromatic rings. The highest BCUT2D eigenvalue weighted by Crippen LogP contribution is 2.15. The van der Waals surface area contributed by atoms with Gasteiger partial charge in [0, 0.05) is 31.7 Å². The van der Waals surface area contributed by atoms with E-state index in [9.17, 15) is 0 Å². The summed E-state index contributed by atoms with van der Waals surface area (Å²) in [6.45, 7) is 5.75. The smallest absolute Gasteiger partial charge is 0.0444 e. The lowest BCUT2D eigenvalue weighted by Crippen LogP contribution is -2.67. The van der Waals surface area contributed by atoms with Crippen LogP contribution in [0.4, 0.5) is 0 Å². The van der Waals surface area contributed by atoms with Gasteiger partial charge in [0.25, 0.3) is 0 Å². The number of nitrogens with one attached hydrogen (secondary N) is 3. The van der Waals surface area contributed by atoms with Crippen LogP contribution in [0, 0.1) is 0 Å². The van der Waals surface area contributed by atoms with Gasteiger partial charge in [-0.3, -0.25) is 0 Å². The van der Waals surface area contributed by atoms with Crippen LogP contribution in [-0.4, -0.2) is 38.3 Å². The Morgan fingerprint density at radius 2 is 1.80 bits per heavy atom. The summed E-state index contributed by atoms with van der Waals surface area (Å²) >= 11 is 0. The van der Waals surface area contributed by atoms with Gasteiger partial charge in [-0.2, -0.15) is 0 Å². The van der Waals surface area contributed by atoms with Gasteiger partial charge in [-0.1, -0.05) is 0 Å². The van der Waals surface area contributed by atoms with Crippen molar-refractivity contribution < 1.29 is 0 Å². The van der Waals surface area contributed by atoms with Crippen LogP contribution in [-0.2, 0) is 0 Å². The molecule has 3 nitrogen and oxygen atoms in total. The van der Waals surface area contributed by atoms with Gasteiger partial charge < -0.3 is 16.0 Å². The van der Waals surface area contributed by atoms with Gasteiger partial charge in [0.1, 0.15) is 0 Å². The van der Waals surface area contributed by atoms with E-state index in [0.29, 0.717) is 5.54 Å². The van der Waals surface area contributed by atoms with Gasteiger partial charge >= 0.3 is 0 Å². The van der Waals surface area contributed by atoms with Crippen molar-refractivity contribution in [2.75, 3.05) is 32.7 Å². The fraction of sp³-hybridized carbons (Fsp3) is 1.00. The quantitative estimate of drug-likeness (QED) is 0.401. The van der Waals surface area contributed by atoms with Gasteiger partial charge in [0.05, 0.1) is 0 Å². The Hall–Kier alpha value is -0.120. The molecule has 2 heterocycles. The van der Waals surface area contributed by atoms with E-state index in [4.69, 9.17) is 0 Å². The Kier molecular flexibility index (Phi) is 1.64. The summed E-state index contributed by atoms with van der Waals surface area (Å²) in [6.07, 6.45) is 1.28. The summed E-state index contributed by atoms with van der Waals surface area (Å²) in [5.74, 6) is 0. The Bertz CT molecular complexity index is 110. The summed E-state index contributed by atoms with van der Waals surface area (Å²) in [7, 11) is 0. The van der Waals surface area contributed by atoms with E-state index < -0.39 is 0 Å². The Balaban J connectivity index is 1.92. The highest BCUT2D eigenvalue weighted by Gasteiger charge is 2.36. The average molecular weight is 141 g/mol. The number of hydrogen-bond donors (Lipinski definition) is 3. The van der Waals surface area contributed by atoms with Crippen molar-refractivity contribution in [1.29, 1.82) is 0 Å². The van der Waals surface area contributed by atoms with Crippen LogP contribution in [0.25, 0.3) is 0 Å². The Morgan fingerprint density at radius 3 is 2.50 bits per heavy atom. The van der Waals surface area contributed by atoms with E-state index in [1.165, 1.54) is 13.0 Å². The van der Waals surface area contributed by atoms with Crippen LogP contribution in [0.2, 0.25) is 0 Å². The molecule has 1 spiro atoms. The van der Waals surface area contributed by atoms with Crippen molar-refractivity contribution in [3.8, 4) is 0 Å². The first kappa shape index (κ1) is 6.58. The van der Waals surface area contributed by atoms with E-state index in [1.807, 2.05) is 0 Å². The maximum Gasteiger partial charge on any atom is 0.0444 e. The standard InChI is InChI=1S/C7H15N3/c1-2-8-3-4-10-7(1)5-9-6-7/h8-10H,1-6H2. The molecule has 0 aliphatic carbocycles. The van der Waals surface area contributed by atoms with Crippen molar-refractivity contribution in [3.05, 3.63) is 0 Å². The van der Waals surface area contributed by atoms with Gasteiger partial charge in [-0.15, -0.1) is 0 Å². The first-order chi connectivity index (χ1) is 4.91. The first-order valence-corrected chi connectivity index (χ1v) is 4.08. The van der Waals surface area contributed by atoms with Crippen LogP contribution in [0.5, 0.6) is 0 Å². The molecule has 3 N–H and O–H groups in total. The Morgan fingerprint density at radius 1 is 0.900 bits per heavy atom. The zero-order valence-corrected chi connectivity index (χ0v) is 6.24. The molecule has 0 saturated carbocycles. The summed E-state index contributed by atoms with van der Waals surface area (Å²) in [4.78, 5) is 0. The van der Waals surface area contributed by atoms with Crippen molar-refractivity contribution in [1.82, 2.24) is 16.0 Å². The van der Waals surface area contributed by atoms with Gasteiger partial charge in [0.2, 0.25) is 0 Å². The predicted octanol–water partition coefficient (Wildman–Crippen LogP) is -1.09. The van der Waals surface area contributed by atoms with Crippen molar-refractivity contribution in [2.24, 2.45) is 0 Å². The molecule has 0 unspecified atom stereocenters. The molecular formula is C7H15N3. The molecule has 2 saturated heterocycles.